The third kappa shape index (κ3) is 3.52. The molecule has 2 heterocycles. The lowest BCUT2D eigenvalue weighted by molar-refractivity contribution is 0.0959. The minimum Gasteiger partial charge on any atom is -0.341 e. The van der Waals surface area contributed by atoms with Gasteiger partial charge in [-0.3, -0.25) is 9.59 Å². The van der Waals surface area contributed by atoms with Crippen LogP contribution in [0.15, 0.2) is 64.5 Å². The molecule has 1 aliphatic rings. The van der Waals surface area contributed by atoms with Crippen LogP contribution in [0.25, 0.3) is 10.1 Å². The molecule has 8 heteroatoms. The number of fused-ring (bicyclic) bond motifs is 2. The molecule has 2 N–H and O–H groups in total. The first-order chi connectivity index (χ1) is 14.9. The highest BCUT2D eigenvalue weighted by Crippen LogP contribution is 2.41. The zero-order valence-corrected chi connectivity index (χ0v) is 18.9. The lowest BCUT2D eigenvalue weighted by atomic mass is 9.96. The summed E-state index contributed by atoms with van der Waals surface area (Å²) in [5.41, 5.74) is 2.37. The molecule has 0 spiro atoms. The second-order valence-electron chi connectivity index (χ2n) is 7.09. The van der Waals surface area contributed by atoms with Crippen LogP contribution >= 0.6 is 38.9 Å². The van der Waals surface area contributed by atoms with Gasteiger partial charge in [-0.1, -0.05) is 45.7 Å². The summed E-state index contributed by atoms with van der Waals surface area (Å²) in [6.07, 6.45) is 0. The van der Waals surface area contributed by atoms with E-state index in [0.717, 1.165) is 10.1 Å². The van der Waals surface area contributed by atoms with Crippen molar-refractivity contribution in [2.24, 2.45) is 0 Å². The fraction of sp³-hybridized carbons (Fsp3) is 0.0435. The summed E-state index contributed by atoms with van der Waals surface area (Å²) in [5.74, 6) is -1.08. The average Bonchev–Trinajstić information content (AvgIpc) is 3.31. The highest BCUT2D eigenvalue weighted by molar-refractivity contribution is 9.10. The molecule has 0 fully saturated rings. The number of hydrogen-bond donors (Lipinski definition) is 2. The van der Waals surface area contributed by atoms with Gasteiger partial charge in [0.1, 0.15) is 5.82 Å². The molecule has 1 aliphatic heterocycles. The first-order valence-corrected chi connectivity index (χ1v) is 11.3. The van der Waals surface area contributed by atoms with E-state index in [4.69, 9.17) is 11.6 Å². The lowest BCUT2D eigenvalue weighted by Gasteiger charge is -2.18. The average molecular weight is 516 g/mol. The van der Waals surface area contributed by atoms with Gasteiger partial charge in [-0.2, -0.15) is 0 Å². The molecule has 3 aromatic carbocycles. The number of rotatable bonds is 3. The molecule has 1 atom stereocenters. The molecule has 5 rings (SSSR count). The van der Waals surface area contributed by atoms with Gasteiger partial charge in [-0.25, -0.2) is 4.39 Å². The molecule has 0 radical (unpaired) electrons. The monoisotopic (exact) mass is 514 g/mol. The van der Waals surface area contributed by atoms with Gasteiger partial charge in [0, 0.05) is 47.3 Å². The van der Waals surface area contributed by atoms with Crippen LogP contribution in [0.4, 0.5) is 10.1 Å². The van der Waals surface area contributed by atoms with E-state index in [1.165, 1.54) is 29.5 Å². The highest BCUT2D eigenvalue weighted by Gasteiger charge is 2.34. The van der Waals surface area contributed by atoms with Crippen LogP contribution in [-0.2, 0) is 0 Å². The van der Waals surface area contributed by atoms with E-state index in [2.05, 4.69) is 26.6 Å². The first kappa shape index (κ1) is 20.2. The summed E-state index contributed by atoms with van der Waals surface area (Å²) in [5, 5.41) is 8.78. The Kier molecular flexibility index (Phi) is 5.04. The van der Waals surface area contributed by atoms with Gasteiger partial charge in [-0.15, -0.1) is 11.3 Å². The maximum atomic E-state index is 13.9. The van der Waals surface area contributed by atoms with Crippen LogP contribution in [0.2, 0.25) is 5.02 Å². The summed E-state index contributed by atoms with van der Waals surface area (Å²) in [7, 11) is 0. The summed E-state index contributed by atoms with van der Waals surface area (Å²) < 4.78 is 15.6. The van der Waals surface area contributed by atoms with Crippen molar-refractivity contribution in [2.45, 2.75) is 6.04 Å². The predicted molar refractivity (Wildman–Crippen MR) is 125 cm³/mol. The summed E-state index contributed by atoms with van der Waals surface area (Å²) in [6.45, 7) is 0. The zero-order valence-electron chi connectivity index (χ0n) is 15.7. The van der Waals surface area contributed by atoms with Gasteiger partial charge in [-0.05, 0) is 36.4 Å². The Labute approximate surface area is 194 Å². The molecule has 31 heavy (non-hydrogen) atoms. The van der Waals surface area contributed by atoms with Crippen molar-refractivity contribution >= 4 is 66.5 Å². The van der Waals surface area contributed by atoms with Crippen molar-refractivity contribution in [1.82, 2.24) is 5.32 Å². The quantitative estimate of drug-likeness (QED) is 0.325. The number of halogens is 3. The minimum absolute atomic E-state index is 0.291. The Balaban J connectivity index is 1.61. The summed E-state index contributed by atoms with van der Waals surface area (Å²) >= 11 is 11.2. The Morgan fingerprint density at radius 3 is 2.81 bits per heavy atom. The normalized spacial score (nSPS) is 15.1. The number of carbonyl (C=O) groups excluding carboxylic acids is 2. The topological polar surface area (TPSA) is 58.2 Å². The largest absolute Gasteiger partial charge is 0.341 e. The van der Waals surface area contributed by atoms with Crippen molar-refractivity contribution in [2.75, 3.05) is 5.32 Å². The van der Waals surface area contributed by atoms with Crippen molar-refractivity contribution in [1.29, 1.82) is 0 Å². The number of anilines is 1. The predicted octanol–water partition coefficient (Wildman–Crippen LogP) is 6.54. The number of nitrogens with one attached hydrogen (secondary N) is 2. The summed E-state index contributed by atoms with van der Waals surface area (Å²) in [6, 6.07) is 14.4. The van der Waals surface area contributed by atoms with E-state index in [0.29, 0.717) is 37.4 Å². The van der Waals surface area contributed by atoms with Gasteiger partial charge < -0.3 is 10.6 Å². The molecule has 2 amide bonds. The minimum atomic E-state index is -0.687. The van der Waals surface area contributed by atoms with Crippen LogP contribution in [-0.4, -0.2) is 11.8 Å². The van der Waals surface area contributed by atoms with E-state index in [1.54, 1.807) is 12.1 Å². The Morgan fingerprint density at radius 1 is 1.16 bits per heavy atom. The second-order valence-corrected chi connectivity index (χ2v) is 9.32. The molecule has 4 nitrogen and oxygen atoms in total. The molecule has 0 bridgehead atoms. The number of carbonyl (C=O) groups is 2. The van der Waals surface area contributed by atoms with Crippen molar-refractivity contribution in [3.63, 3.8) is 0 Å². The second kappa shape index (κ2) is 7.75. The molecular formula is C23H13BrClFN2O2S. The van der Waals surface area contributed by atoms with Crippen LogP contribution in [0.5, 0.6) is 0 Å². The van der Waals surface area contributed by atoms with Crippen LogP contribution in [0.1, 0.15) is 37.9 Å². The van der Waals surface area contributed by atoms with Gasteiger partial charge in [0.15, 0.2) is 0 Å². The molecule has 0 saturated heterocycles. The zero-order chi connectivity index (χ0) is 21.7. The molecular weight excluding hydrogens is 503 g/mol. The SMILES string of the molecule is O=C1N[C@H](c2cc(F)ccc2Cl)c2c(NC(=O)c3csc4ccccc34)cc(Br)cc21. The third-order valence-corrected chi connectivity index (χ3v) is 6.96. The van der Waals surface area contributed by atoms with Gasteiger partial charge >= 0.3 is 0 Å². The van der Waals surface area contributed by atoms with Gasteiger partial charge in [0.2, 0.25) is 0 Å². The van der Waals surface area contributed by atoms with E-state index in [1.807, 2.05) is 29.6 Å². The van der Waals surface area contributed by atoms with E-state index in [-0.39, 0.29) is 11.8 Å². The molecule has 0 aliphatic carbocycles. The van der Waals surface area contributed by atoms with Crippen molar-refractivity contribution in [3.05, 3.63) is 97.5 Å². The molecule has 0 unspecified atom stereocenters. The molecule has 0 saturated carbocycles. The van der Waals surface area contributed by atoms with Gasteiger partial charge in [0.25, 0.3) is 11.8 Å². The van der Waals surface area contributed by atoms with Crippen molar-refractivity contribution in [3.8, 4) is 0 Å². The van der Waals surface area contributed by atoms with Gasteiger partial charge in [0.05, 0.1) is 11.6 Å². The molecule has 154 valence electrons. The fourth-order valence-electron chi connectivity index (χ4n) is 3.81. The summed E-state index contributed by atoms with van der Waals surface area (Å²) in [4.78, 5) is 25.8. The number of amides is 2. The fourth-order valence-corrected chi connectivity index (χ4v) is 5.44. The van der Waals surface area contributed by atoms with Crippen LogP contribution in [0, 0.1) is 5.82 Å². The Bertz CT molecular complexity index is 1390. The Hall–Kier alpha value is -2.74. The maximum Gasteiger partial charge on any atom is 0.257 e. The molecule has 4 aromatic rings. The van der Waals surface area contributed by atoms with Crippen LogP contribution in [0.3, 0.4) is 0 Å². The third-order valence-electron chi connectivity index (χ3n) is 5.20. The number of hydrogen-bond acceptors (Lipinski definition) is 3. The van der Waals surface area contributed by atoms with E-state index in [9.17, 15) is 14.0 Å². The van der Waals surface area contributed by atoms with E-state index < -0.39 is 11.9 Å². The molecule has 1 aromatic heterocycles. The van der Waals surface area contributed by atoms with Crippen LogP contribution < -0.4 is 10.6 Å². The Morgan fingerprint density at radius 2 is 1.97 bits per heavy atom. The maximum absolute atomic E-state index is 13.9. The highest BCUT2D eigenvalue weighted by atomic mass is 79.9. The van der Waals surface area contributed by atoms with E-state index >= 15 is 0 Å². The first-order valence-electron chi connectivity index (χ1n) is 9.29. The smallest absolute Gasteiger partial charge is 0.257 e. The van der Waals surface area contributed by atoms with Crippen molar-refractivity contribution < 1.29 is 14.0 Å². The number of benzene rings is 3. The standard InChI is InChI=1S/C23H13BrClFN2O2S/c24-11-7-15-20(21(28-22(15)29)14-9-12(26)5-6-17(14)25)18(8-11)27-23(30)16-10-31-19-4-2-1-3-13(16)19/h1-10,21H,(H,27,30)(H,28,29)/t21-/m1/s1. The lowest BCUT2D eigenvalue weighted by Crippen LogP contribution is -2.21. The number of thiophene rings is 1.